The number of carbonyl (C=O) groups excluding carboxylic acids is 3. The molecule has 2 aromatic carbocycles. The molecule has 158 valence electrons. The van der Waals surface area contributed by atoms with Crippen LogP contribution in [0, 0.1) is 24.6 Å². The third-order valence-corrected chi connectivity index (χ3v) is 5.40. The maximum Gasteiger partial charge on any atom is 0.225 e. The topological polar surface area (TPSA) is 92.5 Å². The van der Waals surface area contributed by atoms with Gasteiger partial charge in [-0.3, -0.25) is 14.4 Å². The summed E-state index contributed by atoms with van der Waals surface area (Å²) in [5, 5.41) is 2.76. The van der Waals surface area contributed by atoms with Crippen molar-refractivity contribution in [3.8, 4) is 0 Å². The van der Waals surface area contributed by atoms with Gasteiger partial charge in [-0.2, -0.15) is 0 Å². The van der Waals surface area contributed by atoms with Crippen LogP contribution in [0.2, 0.25) is 0 Å². The smallest absolute Gasteiger partial charge is 0.225 e. The summed E-state index contributed by atoms with van der Waals surface area (Å²) in [4.78, 5) is 38.3. The van der Waals surface area contributed by atoms with Gasteiger partial charge in [-0.05, 0) is 36.6 Å². The average molecular weight is 411 g/mol. The van der Waals surface area contributed by atoms with Crippen LogP contribution < -0.4 is 11.1 Å². The Hall–Kier alpha value is -3.22. The first-order valence-corrected chi connectivity index (χ1v) is 9.96. The van der Waals surface area contributed by atoms with Gasteiger partial charge in [0.15, 0.2) is 0 Å². The van der Waals surface area contributed by atoms with E-state index in [0.717, 1.165) is 16.7 Å². The van der Waals surface area contributed by atoms with Gasteiger partial charge in [0.05, 0.1) is 11.8 Å². The van der Waals surface area contributed by atoms with Gasteiger partial charge >= 0.3 is 0 Å². The van der Waals surface area contributed by atoms with Crippen LogP contribution >= 0.6 is 0 Å². The highest BCUT2D eigenvalue weighted by Gasteiger charge is 2.34. The van der Waals surface area contributed by atoms with Gasteiger partial charge in [0.2, 0.25) is 17.7 Å². The summed E-state index contributed by atoms with van der Waals surface area (Å²) < 4.78 is 13.0. The van der Waals surface area contributed by atoms with Crippen molar-refractivity contribution >= 4 is 17.7 Å². The third-order valence-electron chi connectivity index (χ3n) is 5.40. The van der Waals surface area contributed by atoms with Crippen LogP contribution in [0.1, 0.15) is 23.1 Å². The molecule has 0 aliphatic carbocycles. The zero-order valence-electron chi connectivity index (χ0n) is 16.9. The van der Waals surface area contributed by atoms with E-state index in [9.17, 15) is 18.8 Å². The number of nitrogens with zero attached hydrogens (tertiary/aromatic N) is 1. The van der Waals surface area contributed by atoms with Crippen LogP contribution in [0.4, 0.5) is 4.39 Å². The first-order chi connectivity index (χ1) is 14.3. The number of nitrogens with one attached hydrogen (secondary N) is 1. The van der Waals surface area contributed by atoms with Crippen LogP contribution in [0.25, 0.3) is 0 Å². The van der Waals surface area contributed by atoms with Crippen LogP contribution in [0.5, 0.6) is 0 Å². The number of aryl methyl sites for hydroxylation is 1. The molecule has 1 fully saturated rings. The zero-order valence-corrected chi connectivity index (χ0v) is 16.9. The molecule has 1 aliphatic heterocycles. The number of benzene rings is 2. The molecule has 2 aromatic rings. The number of amides is 3. The average Bonchev–Trinajstić information content (AvgIpc) is 3.08. The normalized spacial score (nSPS) is 17.1. The Morgan fingerprint density at radius 3 is 2.40 bits per heavy atom. The summed E-state index contributed by atoms with van der Waals surface area (Å²) in [6.45, 7) is 2.89. The largest absolute Gasteiger partial charge is 0.369 e. The number of likely N-dealkylation sites (tertiary alicyclic amines) is 1. The summed E-state index contributed by atoms with van der Waals surface area (Å²) in [5.74, 6) is -2.29. The molecule has 30 heavy (non-hydrogen) atoms. The number of primary amides is 1. The molecule has 0 aromatic heterocycles. The fourth-order valence-electron chi connectivity index (χ4n) is 3.56. The summed E-state index contributed by atoms with van der Waals surface area (Å²) in [7, 11) is 0. The maximum atomic E-state index is 13.0. The Morgan fingerprint density at radius 2 is 1.77 bits per heavy atom. The van der Waals surface area contributed by atoms with Crippen LogP contribution in [-0.2, 0) is 27.3 Å². The predicted molar refractivity (Wildman–Crippen MR) is 111 cm³/mol. The number of nitrogens with two attached hydrogens (primary N) is 1. The van der Waals surface area contributed by atoms with Crippen molar-refractivity contribution in [2.45, 2.75) is 26.3 Å². The van der Waals surface area contributed by atoms with Crippen molar-refractivity contribution in [2.24, 2.45) is 17.6 Å². The minimum Gasteiger partial charge on any atom is -0.369 e. The molecule has 0 radical (unpaired) electrons. The Labute approximate surface area is 175 Å². The molecule has 7 heteroatoms. The summed E-state index contributed by atoms with van der Waals surface area (Å²) in [6.07, 6.45) is 0.454. The monoisotopic (exact) mass is 411 g/mol. The molecular weight excluding hydrogens is 385 g/mol. The minimum atomic E-state index is -0.611. The summed E-state index contributed by atoms with van der Waals surface area (Å²) >= 11 is 0. The molecule has 2 atom stereocenters. The lowest BCUT2D eigenvalue weighted by Crippen LogP contribution is -2.40. The minimum absolute atomic E-state index is 0.0616. The van der Waals surface area contributed by atoms with Crippen molar-refractivity contribution in [1.82, 2.24) is 10.2 Å². The molecule has 3 rings (SSSR count). The van der Waals surface area contributed by atoms with Gasteiger partial charge in [-0.1, -0.05) is 42.0 Å². The van der Waals surface area contributed by atoms with Gasteiger partial charge in [0, 0.05) is 26.1 Å². The number of hydrogen-bond acceptors (Lipinski definition) is 3. The first-order valence-electron chi connectivity index (χ1n) is 9.96. The fourth-order valence-corrected chi connectivity index (χ4v) is 3.56. The highest BCUT2D eigenvalue weighted by Crippen LogP contribution is 2.21. The van der Waals surface area contributed by atoms with Crippen molar-refractivity contribution in [3.63, 3.8) is 0 Å². The van der Waals surface area contributed by atoms with Gasteiger partial charge in [-0.25, -0.2) is 4.39 Å². The summed E-state index contributed by atoms with van der Waals surface area (Å²) in [5.41, 5.74) is 8.39. The van der Waals surface area contributed by atoms with Gasteiger partial charge in [0.1, 0.15) is 5.82 Å². The van der Waals surface area contributed by atoms with Gasteiger partial charge < -0.3 is 16.0 Å². The lowest BCUT2D eigenvalue weighted by Gasteiger charge is -2.18. The van der Waals surface area contributed by atoms with Crippen LogP contribution in [0.3, 0.4) is 0 Å². The quantitative estimate of drug-likeness (QED) is 0.695. The van der Waals surface area contributed by atoms with Crippen molar-refractivity contribution in [3.05, 3.63) is 71.0 Å². The molecule has 0 saturated carbocycles. The Balaban J connectivity index is 1.53. The molecule has 3 N–H and O–H groups in total. The van der Waals surface area contributed by atoms with E-state index < -0.39 is 17.7 Å². The number of halogens is 1. The third kappa shape index (κ3) is 5.65. The van der Waals surface area contributed by atoms with E-state index in [4.69, 9.17) is 5.73 Å². The second-order valence-electron chi connectivity index (χ2n) is 7.84. The zero-order chi connectivity index (χ0) is 21.7. The van der Waals surface area contributed by atoms with E-state index in [-0.39, 0.29) is 30.6 Å². The van der Waals surface area contributed by atoms with E-state index in [1.165, 1.54) is 12.1 Å². The van der Waals surface area contributed by atoms with Crippen molar-refractivity contribution < 1.29 is 18.8 Å². The maximum absolute atomic E-state index is 13.0. The van der Waals surface area contributed by atoms with E-state index in [1.54, 1.807) is 17.0 Å². The lowest BCUT2D eigenvalue weighted by atomic mass is 9.98. The highest BCUT2D eigenvalue weighted by molar-refractivity contribution is 5.89. The Morgan fingerprint density at radius 1 is 1.13 bits per heavy atom. The molecule has 1 heterocycles. The number of carbonyl (C=O) groups is 3. The number of hydrogen-bond donors (Lipinski definition) is 2. The second kappa shape index (κ2) is 9.52. The Bertz CT molecular complexity index is 912. The van der Waals surface area contributed by atoms with Crippen LogP contribution in [-0.4, -0.2) is 35.7 Å². The van der Waals surface area contributed by atoms with Gasteiger partial charge in [0.25, 0.3) is 0 Å². The van der Waals surface area contributed by atoms with Crippen molar-refractivity contribution in [2.75, 3.05) is 13.1 Å². The summed E-state index contributed by atoms with van der Waals surface area (Å²) in [6, 6.07) is 13.7. The SMILES string of the molecule is Cc1ccc(CN2CC(C(=O)NCC(Cc3ccc(F)cc3)C(N)=O)CC2=O)cc1. The molecule has 2 unspecified atom stereocenters. The molecule has 1 aliphatic rings. The van der Waals surface area contributed by atoms with Crippen molar-refractivity contribution in [1.29, 1.82) is 0 Å². The van der Waals surface area contributed by atoms with E-state index in [1.807, 2.05) is 31.2 Å². The highest BCUT2D eigenvalue weighted by atomic mass is 19.1. The standard InChI is InChI=1S/C23H26FN3O3/c1-15-2-4-17(5-3-15)13-27-14-19(11-21(27)28)23(30)26-12-18(22(25)29)10-16-6-8-20(24)9-7-16/h2-9,18-19H,10-14H2,1H3,(H2,25,29)(H,26,30). The lowest BCUT2D eigenvalue weighted by molar-refractivity contribution is -0.129. The second-order valence-corrected chi connectivity index (χ2v) is 7.84. The van der Waals surface area contributed by atoms with Gasteiger partial charge in [-0.15, -0.1) is 0 Å². The predicted octanol–water partition coefficient (Wildman–Crippen LogP) is 1.94. The molecule has 0 spiro atoms. The van der Waals surface area contributed by atoms with E-state index in [0.29, 0.717) is 19.5 Å². The van der Waals surface area contributed by atoms with E-state index in [2.05, 4.69) is 5.32 Å². The molecule has 6 nitrogen and oxygen atoms in total. The molecule has 0 bridgehead atoms. The molecule has 1 saturated heterocycles. The first kappa shape index (κ1) is 21.5. The van der Waals surface area contributed by atoms with Crippen LogP contribution in [0.15, 0.2) is 48.5 Å². The number of rotatable bonds is 8. The molecular formula is C23H26FN3O3. The van der Waals surface area contributed by atoms with E-state index >= 15 is 0 Å². The Kier molecular flexibility index (Phi) is 6.82. The molecule has 3 amide bonds. The fraction of sp³-hybridized carbons (Fsp3) is 0.348.